The second kappa shape index (κ2) is 12.3. The monoisotopic (exact) mass is 576 g/mol. The van der Waals surface area contributed by atoms with Crippen molar-refractivity contribution in [2.45, 2.75) is 83.4 Å². The van der Waals surface area contributed by atoms with E-state index in [1.807, 2.05) is 13.8 Å². The van der Waals surface area contributed by atoms with Crippen molar-refractivity contribution in [2.75, 3.05) is 10.2 Å². The number of amides is 4. The third kappa shape index (κ3) is 5.90. The molecule has 41 heavy (non-hydrogen) atoms. The van der Waals surface area contributed by atoms with Crippen LogP contribution >= 0.6 is 11.3 Å². The zero-order chi connectivity index (χ0) is 29.1. The van der Waals surface area contributed by atoms with E-state index in [9.17, 15) is 14.4 Å². The number of anilines is 2. The number of nitrogens with one attached hydrogen (secondary N) is 3. The highest BCUT2D eigenvalue weighted by Crippen LogP contribution is 2.45. The molecule has 4 amide bonds. The Morgan fingerprint density at radius 3 is 2.51 bits per heavy atom. The predicted molar refractivity (Wildman–Crippen MR) is 162 cm³/mol. The van der Waals surface area contributed by atoms with E-state index in [1.165, 1.54) is 17.4 Å². The third-order valence-electron chi connectivity index (χ3n) is 8.04. The smallest absolute Gasteiger partial charge is 0.330 e. The van der Waals surface area contributed by atoms with E-state index in [0.29, 0.717) is 38.0 Å². The summed E-state index contributed by atoms with van der Waals surface area (Å²) in [5, 5.41) is 9.70. The first kappa shape index (κ1) is 28.5. The van der Waals surface area contributed by atoms with Gasteiger partial charge in [-0.1, -0.05) is 19.4 Å². The van der Waals surface area contributed by atoms with Crippen LogP contribution in [-0.2, 0) is 9.53 Å². The number of thiophene rings is 1. The molecule has 0 aromatic carbocycles. The van der Waals surface area contributed by atoms with Gasteiger partial charge in [-0.3, -0.25) is 14.5 Å². The number of pyridine rings is 1. The summed E-state index contributed by atoms with van der Waals surface area (Å²) in [6.07, 6.45) is 12.6. The zero-order valence-corrected chi connectivity index (χ0v) is 24.3. The summed E-state index contributed by atoms with van der Waals surface area (Å²) in [5.41, 5.74) is 2.59. The number of carbonyl (C=O) groups is 3. The lowest BCUT2D eigenvalue weighted by molar-refractivity contribution is -0.117. The number of allylic oxidation sites excluding steroid dienone is 3. The summed E-state index contributed by atoms with van der Waals surface area (Å²) < 4.78 is 6.03. The van der Waals surface area contributed by atoms with Crippen LogP contribution < -0.4 is 20.9 Å². The number of hydrogen-bond donors (Lipinski definition) is 3. The number of hydrogen-bond acceptors (Lipinski definition) is 7. The number of rotatable bonds is 9. The van der Waals surface area contributed by atoms with Gasteiger partial charge in [-0.05, 0) is 76.8 Å². The van der Waals surface area contributed by atoms with Crippen molar-refractivity contribution in [2.24, 2.45) is 4.99 Å². The maximum absolute atomic E-state index is 13.6. The molecule has 0 unspecified atom stereocenters. The molecule has 2 atom stereocenters. The molecular formula is C30H36N6O4S. The van der Waals surface area contributed by atoms with Crippen LogP contribution in [0.1, 0.15) is 74.9 Å². The van der Waals surface area contributed by atoms with Gasteiger partial charge < -0.3 is 20.7 Å². The van der Waals surface area contributed by atoms with Crippen LogP contribution in [0.3, 0.4) is 0 Å². The Morgan fingerprint density at radius 1 is 1.15 bits per heavy atom. The van der Waals surface area contributed by atoms with Gasteiger partial charge in [0, 0.05) is 30.1 Å². The molecule has 11 heteroatoms. The van der Waals surface area contributed by atoms with Crippen molar-refractivity contribution in [3.63, 3.8) is 0 Å². The summed E-state index contributed by atoms with van der Waals surface area (Å²) >= 11 is 1.24. The Labute approximate surface area is 243 Å². The number of urea groups is 1. The van der Waals surface area contributed by atoms with Gasteiger partial charge in [-0.15, -0.1) is 11.3 Å². The van der Waals surface area contributed by atoms with Crippen LogP contribution in [0.2, 0.25) is 0 Å². The van der Waals surface area contributed by atoms with Crippen molar-refractivity contribution in [3.8, 4) is 0 Å². The minimum absolute atomic E-state index is 0.137. The van der Waals surface area contributed by atoms with E-state index in [2.05, 4.69) is 39.2 Å². The first-order valence-corrected chi connectivity index (χ1v) is 14.9. The number of carbonyl (C=O) groups excluding carboxylic acids is 3. The lowest BCUT2D eigenvalue weighted by Gasteiger charge is -2.32. The molecule has 0 saturated heterocycles. The van der Waals surface area contributed by atoms with Crippen LogP contribution in [0.25, 0.3) is 10.2 Å². The summed E-state index contributed by atoms with van der Waals surface area (Å²) in [6.45, 7) is 10.9. The summed E-state index contributed by atoms with van der Waals surface area (Å²) in [6, 6.07) is 1.00. The first-order chi connectivity index (χ1) is 19.8. The molecule has 2 fully saturated rings. The lowest BCUT2D eigenvalue weighted by atomic mass is 9.90. The average molecular weight is 577 g/mol. The highest BCUT2D eigenvalue weighted by atomic mass is 32.1. The van der Waals surface area contributed by atoms with Gasteiger partial charge >= 0.3 is 6.03 Å². The van der Waals surface area contributed by atoms with Gasteiger partial charge in [0.05, 0.1) is 16.8 Å². The van der Waals surface area contributed by atoms with Gasteiger partial charge in [0.1, 0.15) is 15.8 Å². The second-order valence-corrected chi connectivity index (χ2v) is 11.7. The number of ether oxygens (including phenoxy) is 1. The van der Waals surface area contributed by atoms with Gasteiger partial charge in [0.25, 0.3) is 5.91 Å². The minimum atomic E-state index is -0.374. The third-order valence-corrected chi connectivity index (χ3v) is 9.14. The number of nitrogens with zero attached hydrogens (tertiary/aromatic N) is 3. The fourth-order valence-corrected chi connectivity index (χ4v) is 6.81. The van der Waals surface area contributed by atoms with Crippen molar-refractivity contribution in [1.29, 1.82) is 0 Å². The molecule has 2 aromatic heterocycles. The molecule has 5 rings (SSSR count). The van der Waals surface area contributed by atoms with Gasteiger partial charge in [0.15, 0.2) is 0 Å². The fraction of sp³-hybridized carbons (Fsp3) is 0.433. The number of aromatic nitrogens is 1. The largest absolute Gasteiger partial charge is 0.474 e. The highest BCUT2D eigenvalue weighted by molar-refractivity contribution is 7.21. The van der Waals surface area contributed by atoms with E-state index in [1.54, 1.807) is 23.2 Å². The molecule has 3 aliphatic rings. The van der Waals surface area contributed by atoms with Crippen molar-refractivity contribution in [1.82, 2.24) is 15.6 Å². The van der Waals surface area contributed by atoms with E-state index in [4.69, 9.17) is 4.74 Å². The quantitative estimate of drug-likeness (QED) is 0.151. The molecule has 10 nitrogen and oxygen atoms in total. The van der Waals surface area contributed by atoms with Crippen LogP contribution in [-0.4, -0.2) is 47.7 Å². The van der Waals surface area contributed by atoms with Crippen LogP contribution in [0.15, 0.2) is 53.1 Å². The minimum Gasteiger partial charge on any atom is -0.474 e. The molecule has 0 spiro atoms. The Bertz CT molecular complexity index is 1450. The lowest BCUT2D eigenvalue weighted by Crippen LogP contribution is -2.52. The Hall–Kier alpha value is -3.99. The Balaban J connectivity index is 1.44. The van der Waals surface area contributed by atoms with E-state index < -0.39 is 0 Å². The normalized spacial score (nSPS) is 21.7. The second-order valence-electron chi connectivity index (χ2n) is 10.7. The standard InChI is InChI=1S/C30H36N6O4S/c1-5-23(37)33-20-12-8-9-13-21(20)34-28(38)27-26-25-22(14-15-32-29(25)41-27)36(30(39)35-26)18(3)17(2)16-24(31-4)40-19-10-6-7-11-19/h5,14-16,19-21H,1,4,6-13H2,2-3H3,(H,33,37)(H,34,38)(H,35,39)/b18-17+,24-16+/t20-,21+/m0/s1. The predicted octanol–water partition coefficient (Wildman–Crippen LogP) is 5.79. The van der Waals surface area contributed by atoms with E-state index in [0.717, 1.165) is 56.9 Å². The maximum atomic E-state index is 13.6. The molecule has 1 aliphatic heterocycles. The van der Waals surface area contributed by atoms with Gasteiger partial charge in [0.2, 0.25) is 11.8 Å². The molecular weight excluding hydrogens is 540 g/mol. The number of aliphatic imine (C=N–C) groups is 1. The van der Waals surface area contributed by atoms with Crippen LogP contribution in [0.4, 0.5) is 16.2 Å². The van der Waals surface area contributed by atoms with Crippen molar-refractivity contribution >= 4 is 57.5 Å². The molecule has 3 N–H and O–H groups in total. The highest BCUT2D eigenvalue weighted by Gasteiger charge is 2.35. The van der Waals surface area contributed by atoms with E-state index in [-0.39, 0.29) is 36.0 Å². The summed E-state index contributed by atoms with van der Waals surface area (Å²) in [4.78, 5) is 50.2. The topological polar surface area (TPSA) is 125 Å². The zero-order valence-electron chi connectivity index (χ0n) is 23.5. The SMILES string of the molecule is C=CC(=O)N[C@H]1CCCC[C@H]1NC(=O)c1sc2nccc3c2c1NC(=O)N3/C(C)=C(C)/C=C(\N=C)OC1CCCC1. The van der Waals surface area contributed by atoms with Crippen LogP contribution in [0.5, 0.6) is 0 Å². The molecule has 2 aromatic rings. The molecule has 2 saturated carbocycles. The van der Waals surface area contributed by atoms with Gasteiger partial charge in [-0.2, -0.15) is 0 Å². The molecule has 2 aliphatic carbocycles. The fourth-order valence-electron chi connectivity index (χ4n) is 5.79. The first-order valence-electron chi connectivity index (χ1n) is 14.1. The van der Waals surface area contributed by atoms with Gasteiger partial charge in [-0.25, -0.2) is 14.8 Å². The summed E-state index contributed by atoms with van der Waals surface area (Å²) in [7, 11) is 0. The molecule has 3 heterocycles. The Kier molecular flexibility index (Phi) is 8.53. The summed E-state index contributed by atoms with van der Waals surface area (Å²) in [5.74, 6) is -0.125. The molecule has 216 valence electrons. The van der Waals surface area contributed by atoms with Crippen molar-refractivity contribution in [3.05, 3.63) is 53.0 Å². The maximum Gasteiger partial charge on any atom is 0.330 e. The Morgan fingerprint density at radius 2 is 1.83 bits per heavy atom. The van der Waals surface area contributed by atoms with Crippen molar-refractivity contribution < 1.29 is 19.1 Å². The van der Waals surface area contributed by atoms with E-state index >= 15 is 0 Å². The molecule has 0 bridgehead atoms. The average Bonchev–Trinajstić information content (AvgIpc) is 3.62. The van der Waals surface area contributed by atoms with Crippen LogP contribution in [0, 0.1) is 0 Å². The molecule has 0 radical (unpaired) electrons.